The lowest BCUT2D eigenvalue weighted by Gasteiger charge is -2.32. The lowest BCUT2D eigenvalue weighted by atomic mass is 9.99. The van der Waals surface area contributed by atoms with E-state index in [4.69, 9.17) is 9.47 Å². The highest BCUT2D eigenvalue weighted by Crippen LogP contribution is 2.27. The van der Waals surface area contributed by atoms with Crippen molar-refractivity contribution in [3.05, 3.63) is 54.1 Å². The van der Waals surface area contributed by atoms with Crippen LogP contribution in [0.2, 0.25) is 0 Å². The maximum Gasteiger partial charge on any atom is 0.408 e. The summed E-state index contributed by atoms with van der Waals surface area (Å²) < 4.78 is 10.5. The molecule has 0 bridgehead atoms. The van der Waals surface area contributed by atoms with Crippen LogP contribution in [0.1, 0.15) is 52.6 Å². The second kappa shape index (κ2) is 12.3. The Morgan fingerprint density at radius 1 is 1.06 bits per heavy atom. The molecule has 3 amide bonds. The number of benzene rings is 2. The van der Waals surface area contributed by atoms with E-state index in [0.717, 1.165) is 0 Å². The van der Waals surface area contributed by atoms with Gasteiger partial charge in [-0.3, -0.25) is 9.59 Å². The summed E-state index contributed by atoms with van der Waals surface area (Å²) in [6, 6.07) is 10.9. The molecule has 2 atom stereocenters. The summed E-state index contributed by atoms with van der Waals surface area (Å²) >= 11 is 0. The molecule has 36 heavy (non-hydrogen) atoms. The molecule has 9 heteroatoms. The van der Waals surface area contributed by atoms with E-state index in [9.17, 15) is 19.5 Å². The van der Waals surface area contributed by atoms with Crippen LogP contribution < -0.4 is 15.4 Å². The van der Waals surface area contributed by atoms with Gasteiger partial charge in [0.2, 0.25) is 5.91 Å². The number of aromatic hydroxyl groups is 1. The Labute approximate surface area is 212 Å². The molecular weight excluding hydrogens is 462 g/mol. The maximum atomic E-state index is 13.6. The van der Waals surface area contributed by atoms with Crippen LogP contribution in [0.25, 0.3) is 0 Å². The van der Waals surface area contributed by atoms with Gasteiger partial charge in [0.25, 0.3) is 5.91 Å². The van der Waals surface area contributed by atoms with Gasteiger partial charge in [0.05, 0.1) is 7.11 Å². The third-order valence-corrected chi connectivity index (χ3v) is 5.22. The second-order valence-electron chi connectivity index (χ2n) is 9.99. The molecule has 0 aromatic heterocycles. The summed E-state index contributed by atoms with van der Waals surface area (Å²) in [4.78, 5) is 40.8. The van der Waals surface area contributed by atoms with Crippen molar-refractivity contribution in [2.24, 2.45) is 5.92 Å². The van der Waals surface area contributed by atoms with Crippen molar-refractivity contribution in [1.29, 1.82) is 0 Å². The molecular formula is C27H37N3O6. The van der Waals surface area contributed by atoms with Crippen LogP contribution >= 0.6 is 0 Å². The number of amides is 3. The molecule has 0 spiro atoms. The number of likely N-dealkylation sites (N-methyl/N-ethyl adjacent to an activating group) is 1. The Bertz CT molecular complexity index is 1050. The van der Waals surface area contributed by atoms with E-state index in [1.165, 1.54) is 24.1 Å². The van der Waals surface area contributed by atoms with Gasteiger partial charge >= 0.3 is 6.09 Å². The lowest BCUT2D eigenvalue weighted by Crippen LogP contribution is -2.51. The number of alkyl carbamates (subject to hydrolysis) is 1. The van der Waals surface area contributed by atoms with E-state index >= 15 is 0 Å². The van der Waals surface area contributed by atoms with Gasteiger partial charge in [0, 0.05) is 12.7 Å². The molecule has 196 valence electrons. The van der Waals surface area contributed by atoms with Crippen LogP contribution in [0, 0.1) is 5.92 Å². The van der Waals surface area contributed by atoms with E-state index in [1.807, 2.05) is 13.8 Å². The van der Waals surface area contributed by atoms with Gasteiger partial charge < -0.3 is 30.1 Å². The molecule has 3 N–H and O–H groups in total. The second-order valence-corrected chi connectivity index (χ2v) is 9.99. The fourth-order valence-electron chi connectivity index (χ4n) is 3.65. The molecule has 2 rings (SSSR count). The first-order chi connectivity index (χ1) is 16.8. The van der Waals surface area contributed by atoms with Crippen LogP contribution in [0.4, 0.5) is 10.5 Å². The Morgan fingerprint density at radius 3 is 2.22 bits per heavy atom. The van der Waals surface area contributed by atoms with Gasteiger partial charge in [-0.1, -0.05) is 26.0 Å². The number of nitrogens with zero attached hydrogens (tertiary/aromatic N) is 1. The minimum absolute atomic E-state index is 0.0405. The van der Waals surface area contributed by atoms with E-state index in [-0.39, 0.29) is 11.7 Å². The minimum atomic E-state index is -1.08. The van der Waals surface area contributed by atoms with Crippen LogP contribution in [0.5, 0.6) is 11.5 Å². The van der Waals surface area contributed by atoms with Gasteiger partial charge in [-0.15, -0.1) is 0 Å². The highest BCUT2D eigenvalue weighted by atomic mass is 16.6. The average molecular weight is 500 g/mol. The summed E-state index contributed by atoms with van der Waals surface area (Å²) in [5.74, 6) is -0.277. The number of methoxy groups -OCH3 is 1. The number of anilines is 1. The van der Waals surface area contributed by atoms with Crippen molar-refractivity contribution in [2.75, 3.05) is 19.5 Å². The Hall–Kier alpha value is -3.75. The van der Waals surface area contributed by atoms with Gasteiger partial charge in [-0.2, -0.15) is 0 Å². The first-order valence-corrected chi connectivity index (χ1v) is 11.8. The predicted molar refractivity (Wildman–Crippen MR) is 138 cm³/mol. The van der Waals surface area contributed by atoms with Gasteiger partial charge in [0.15, 0.2) is 0 Å². The number of phenols is 1. The number of rotatable bonds is 9. The molecule has 0 saturated heterocycles. The fourth-order valence-corrected chi connectivity index (χ4v) is 3.65. The van der Waals surface area contributed by atoms with Crippen molar-refractivity contribution < 1.29 is 29.0 Å². The van der Waals surface area contributed by atoms with Crippen molar-refractivity contribution in [3.63, 3.8) is 0 Å². The molecule has 0 heterocycles. The highest BCUT2D eigenvalue weighted by Gasteiger charge is 2.34. The van der Waals surface area contributed by atoms with Crippen LogP contribution in [0.15, 0.2) is 48.5 Å². The number of phenolic OH excluding ortho intramolecular Hbond substituents is 1. The van der Waals surface area contributed by atoms with Gasteiger partial charge in [-0.05, 0) is 75.1 Å². The lowest BCUT2D eigenvalue weighted by molar-refractivity contribution is -0.139. The van der Waals surface area contributed by atoms with Crippen LogP contribution in [-0.2, 0) is 14.3 Å². The first kappa shape index (κ1) is 28.5. The maximum absolute atomic E-state index is 13.6. The average Bonchev–Trinajstić information content (AvgIpc) is 2.77. The first-order valence-electron chi connectivity index (χ1n) is 11.8. The van der Waals surface area contributed by atoms with Gasteiger partial charge in [0.1, 0.15) is 29.2 Å². The normalized spacial score (nSPS) is 12.9. The highest BCUT2D eigenvalue weighted by molar-refractivity contribution is 5.99. The van der Waals surface area contributed by atoms with Crippen LogP contribution in [-0.4, -0.2) is 53.7 Å². The summed E-state index contributed by atoms with van der Waals surface area (Å²) in [6.45, 7) is 9.07. The predicted octanol–water partition coefficient (Wildman–Crippen LogP) is 4.48. The number of carbonyl (C=O) groups is 3. The molecule has 2 aromatic carbocycles. The minimum Gasteiger partial charge on any atom is -0.508 e. The van der Waals surface area contributed by atoms with Crippen molar-refractivity contribution >= 4 is 23.6 Å². The molecule has 0 aliphatic rings. The summed E-state index contributed by atoms with van der Waals surface area (Å²) in [6.07, 6.45) is -0.374. The zero-order chi connectivity index (χ0) is 27.0. The monoisotopic (exact) mass is 499 g/mol. The third kappa shape index (κ3) is 8.48. The number of ether oxygens (including phenoxy) is 2. The number of nitrogens with one attached hydrogen (secondary N) is 2. The zero-order valence-corrected chi connectivity index (χ0v) is 22.0. The summed E-state index contributed by atoms with van der Waals surface area (Å²) in [5.41, 5.74) is 0.193. The number of hydrogen-bond acceptors (Lipinski definition) is 6. The molecule has 2 unspecified atom stereocenters. The molecule has 0 radical (unpaired) electrons. The zero-order valence-electron chi connectivity index (χ0n) is 22.0. The van der Waals surface area contributed by atoms with Crippen molar-refractivity contribution in [2.45, 2.75) is 58.7 Å². The fraction of sp³-hybridized carbons (Fsp3) is 0.444. The quantitative estimate of drug-likeness (QED) is 0.468. The summed E-state index contributed by atoms with van der Waals surface area (Å²) in [5, 5.41) is 15.5. The largest absolute Gasteiger partial charge is 0.508 e. The van der Waals surface area contributed by atoms with Crippen LogP contribution in [0.3, 0.4) is 0 Å². The van der Waals surface area contributed by atoms with E-state index in [1.54, 1.807) is 64.3 Å². The smallest absolute Gasteiger partial charge is 0.408 e. The molecule has 9 nitrogen and oxygen atoms in total. The Morgan fingerprint density at radius 2 is 1.69 bits per heavy atom. The third-order valence-electron chi connectivity index (χ3n) is 5.22. The number of hydrogen-bond donors (Lipinski definition) is 3. The Kier molecular flexibility index (Phi) is 9.72. The molecule has 0 fully saturated rings. The summed E-state index contributed by atoms with van der Waals surface area (Å²) in [7, 11) is 3.04. The Balaban J connectivity index is 2.36. The SMILES string of the molecule is COc1ccc(NC(=O)C(c2cccc(O)c2)N(C)C(=O)C(CC(C)C)NC(=O)OC(C)(C)C)cc1. The van der Waals surface area contributed by atoms with Crippen molar-refractivity contribution in [1.82, 2.24) is 10.2 Å². The molecule has 0 aliphatic heterocycles. The van der Waals surface area contributed by atoms with E-state index in [2.05, 4.69) is 10.6 Å². The van der Waals surface area contributed by atoms with E-state index in [0.29, 0.717) is 23.4 Å². The van der Waals surface area contributed by atoms with Gasteiger partial charge in [-0.25, -0.2) is 4.79 Å². The van der Waals surface area contributed by atoms with E-state index < -0.39 is 35.6 Å². The number of carbonyl (C=O) groups excluding carboxylic acids is 3. The standard InChI is InChI=1S/C27H37N3O6/c1-17(2)15-22(29-26(34)36-27(3,4)5)25(33)30(6)23(18-9-8-10-20(31)16-18)24(32)28-19-11-13-21(35-7)14-12-19/h8-14,16-17,22-23,31H,15H2,1-7H3,(H,28,32)(H,29,34). The molecule has 0 saturated carbocycles. The van der Waals surface area contributed by atoms with Crippen molar-refractivity contribution in [3.8, 4) is 11.5 Å². The topological polar surface area (TPSA) is 117 Å². The molecule has 0 aliphatic carbocycles. The molecule has 2 aromatic rings.